The summed E-state index contributed by atoms with van der Waals surface area (Å²) < 4.78 is 0. The van der Waals surface area contributed by atoms with E-state index in [0.717, 1.165) is 18.2 Å². The van der Waals surface area contributed by atoms with Crippen LogP contribution in [0.1, 0.15) is 52.0 Å². The van der Waals surface area contributed by atoms with Gasteiger partial charge in [-0.2, -0.15) is 0 Å². The van der Waals surface area contributed by atoms with Gasteiger partial charge in [0.25, 0.3) is 0 Å². The first-order chi connectivity index (χ1) is 10.4. The van der Waals surface area contributed by atoms with Gasteiger partial charge in [-0.15, -0.1) is 0 Å². The van der Waals surface area contributed by atoms with Crippen molar-refractivity contribution < 1.29 is 4.79 Å². The highest BCUT2D eigenvalue weighted by Crippen LogP contribution is 2.34. The molecular formula is C19H28N2O. The second kappa shape index (κ2) is 6.04. The normalized spacial score (nSPS) is 18.5. The molecule has 3 nitrogen and oxygen atoms in total. The fourth-order valence-electron chi connectivity index (χ4n) is 2.85. The van der Waals surface area contributed by atoms with E-state index in [2.05, 4.69) is 43.1 Å². The molecule has 0 unspecified atom stereocenters. The number of nitrogens with one attached hydrogen (secondary N) is 1. The lowest BCUT2D eigenvalue weighted by atomic mass is 9.87. The minimum Gasteiger partial charge on any atom is -0.325 e. The second-order valence-electron chi connectivity index (χ2n) is 7.98. The zero-order chi connectivity index (χ0) is 15.7. The first-order valence-corrected chi connectivity index (χ1v) is 8.56. The standard InChI is InChI=1S/C19H28N2O/c1-19(2,3)15-6-8-16(9-7-15)20-18(22)13-21(17-10-11-17)12-14-4-5-14/h6-9,14,17H,4-5,10-13H2,1-3H3,(H,20,22). The summed E-state index contributed by atoms with van der Waals surface area (Å²) in [7, 11) is 0. The number of nitrogens with zero attached hydrogens (tertiary/aromatic N) is 1. The van der Waals surface area contributed by atoms with Gasteiger partial charge in [-0.05, 0) is 54.7 Å². The van der Waals surface area contributed by atoms with E-state index in [1.165, 1.54) is 31.2 Å². The van der Waals surface area contributed by atoms with Gasteiger partial charge in [0, 0.05) is 18.3 Å². The van der Waals surface area contributed by atoms with Crippen molar-refractivity contribution >= 4 is 11.6 Å². The van der Waals surface area contributed by atoms with Gasteiger partial charge >= 0.3 is 0 Å². The first-order valence-electron chi connectivity index (χ1n) is 8.56. The smallest absolute Gasteiger partial charge is 0.238 e. The van der Waals surface area contributed by atoms with Crippen molar-refractivity contribution in [3.63, 3.8) is 0 Å². The zero-order valence-electron chi connectivity index (χ0n) is 14.1. The van der Waals surface area contributed by atoms with Crippen LogP contribution in [0.3, 0.4) is 0 Å². The third-order valence-corrected chi connectivity index (χ3v) is 4.63. The number of anilines is 1. The highest BCUT2D eigenvalue weighted by Gasteiger charge is 2.34. The Labute approximate surface area is 134 Å². The minimum atomic E-state index is 0.121. The Morgan fingerprint density at radius 3 is 2.27 bits per heavy atom. The Morgan fingerprint density at radius 1 is 1.14 bits per heavy atom. The number of benzene rings is 1. The molecule has 0 spiro atoms. The van der Waals surface area contributed by atoms with Crippen molar-refractivity contribution in [1.82, 2.24) is 4.90 Å². The van der Waals surface area contributed by atoms with Crippen LogP contribution in [0.25, 0.3) is 0 Å². The van der Waals surface area contributed by atoms with Crippen molar-refractivity contribution in [2.75, 3.05) is 18.4 Å². The van der Waals surface area contributed by atoms with E-state index in [4.69, 9.17) is 0 Å². The molecule has 0 saturated heterocycles. The van der Waals surface area contributed by atoms with Gasteiger partial charge in [-0.25, -0.2) is 0 Å². The number of rotatable bonds is 6. The minimum absolute atomic E-state index is 0.121. The summed E-state index contributed by atoms with van der Waals surface area (Å²) in [6, 6.07) is 8.91. The van der Waals surface area contributed by atoms with Gasteiger partial charge < -0.3 is 5.32 Å². The van der Waals surface area contributed by atoms with Gasteiger partial charge in [0.15, 0.2) is 0 Å². The van der Waals surface area contributed by atoms with Crippen LogP contribution in [0.2, 0.25) is 0 Å². The molecule has 120 valence electrons. The molecule has 0 radical (unpaired) electrons. The van der Waals surface area contributed by atoms with Crippen LogP contribution in [-0.2, 0) is 10.2 Å². The lowest BCUT2D eigenvalue weighted by Gasteiger charge is -2.21. The average Bonchev–Trinajstić information content (AvgIpc) is 3.31. The number of hydrogen-bond donors (Lipinski definition) is 1. The van der Waals surface area contributed by atoms with E-state index in [0.29, 0.717) is 12.6 Å². The molecule has 1 aromatic rings. The summed E-state index contributed by atoms with van der Waals surface area (Å²) >= 11 is 0. The molecule has 0 bridgehead atoms. The molecule has 2 aliphatic rings. The first kappa shape index (κ1) is 15.5. The fourth-order valence-corrected chi connectivity index (χ4v) is 2.85. The number of amides is 1. The maximum atomic E-state index is 12.3. The SMILES string of the molecule is CC(C)(C)c1ccc(NC(=O)CN(CC2CC2)C2CC2)cc1. The van der Waals surface area contributed by atoms with Crippen molar-refractivity contribution in [1.29, 1.82) is 0 Å². The van der Waals surface area contributed by atoms with Crippen molar-refractivity contribution in [3.8, 4) is 0 Å². The van der Waals surface area contributed by atoms with Crippen LogP contribution in [0, 0.1) is 5.92 Å². The van der Waals surface area contributed by atoms with Gasteiger partial charge in [0.1, 0.15) is 0 Å². The molecule has 0 aliphatic heterocycles. The summed E-state index contributed by atoms with van der Waals surface area (Å²) in [6.45, 7) is 8.26. The highest BCUT2D eigenvalue weighted by molar-refractivity contribution is 5.92. The summed E-state index contributed by atoms with van der Waals surface area (Å²) in [5.41, 5.74) is 2.34. The second-order valence-corrected chi connectivity index (χ2v) is 7.98. The van der Waals surface area contributed by atoms with Gasteiger partial charge in [0.2, 0.25) is 5.91 Å². The monoisotopic (exact) mass is 300 g/mol. The highest BCUT2D eigenvalue weighted by atomic mass is 16.2. The van der Waals surface area contributed by atoms with E-state index in [-0.39, 0.29) is 11.3 Å². The molecule has 1 aromatic carbocycles. The summed E-state index contributed by atoms with van der Waals surface area (Å²) in [4.78, 5) is 14.7. The lowest BCUT2D eigenvalue weighted by Crippen LogP contribution is -2.36. The molecule has 22 heavy (non-hydrogen) atoms. The molecule has 2 aliphatic carbocycles. The Kier molecular flexibility index (Phi) is 4.26. The summed E-state index contributed by atoms with van der Waals surface area (Å²) in [5, 5.41) is 3.05. The molecule has 2 saturated carbocycles. The molecule has 1 N–H and O–H groups in total. The predicted octanol–water partition coefficient (Wildman–Crippen LogP) is 3.80. The van der Waals surface area contributed by atoms with E-state index < -0.39 is 0 Å². The van der Waals surface area contributed by atoms with Crippen LogP contribution < -0.4 is 5.32 Å². The Bertz CT molecular complexity index is 521. The van der Waals surface area contributed by atoms with E-state index in [9.17, 15) is 4.79 Å². The largest absolute Gasteiger partial charge is 0.325 e. The third-order valence-electron chi connectivity index (χ3n) is 4.63. The lowest BCUT2D eigenvalue weighted by molar-refractivity contribution is -0.117. The summed E-state index contributed by atoms with van der Waals surface area (Å²) in [6.07, 6.45) is 5.22. The number of hydrogen-bond acceptors (Lipinski definition) is 2. The molecule has 3 rings (SSSR count). The van der Waals surface area contributed by atoms with Gasteiger partial charge in [-0.1, -0.05) is 32.9 Å². The zero-order valence-corrected chi connectivity index (χ0v) is 14.1. The molecule has 0 atom stereocenters. The van der Waals surface area contributed by atoms with Gasteiger partial charge in [0.05, 0.1) is 6.54 Å². The Morgan fingerprint density at radius 2 is 1.77 bits per heavy atom. The molecule has 1 amide bonds. The summed E-state index contributed by atoms with van der Waals surface area (Å²) in [5.74, 6) is 0.968. The topological polar surface area (TPSA) is 32.3 Å². The van der Waals surface area contributed by atoms with Gasteiger partial charge in [-0.3, -0.25) is 9.69 Å². The molecular weight excluding hydrogens is 272 g/mol. The maximum absolute atomic E-state index is 12.3. The number of carbonyl (C=O) groups excluding carboxylic acids is 1. The fraction of sp³-hybridized carbons (Fsp3) is 0.632. The van der Waals surface area contributed by atoms with E-state index in [1.54, 1.807) is 0 Å². The third kappa shape index (κ3) is 4.33. The van der Waals surface area contributed by atoms with Crippen LogP contribution in [0.15, 0.2) is 24.3 Å². The van der Waals surface area contributed by atoms with Crippen molar-refractivity contribution in [2.45, 2.75) is 57.9 Å². The van der Waals surface area contributed by atoms with Crippen LogP contribution in [0.5, 0.6) is 0 Å². The average molecular weight is 300 g/mol. The van der Waals surface area contributed by atoms with Crippen molar-refractivity contribution in [3.05, 3.63) is 29.8 Å². The predicted molar refractivity (Wildman–Crippen MR) is 91.1 cm³/mol. The molecule has 0 heterocycles. The molecule has 0 aromatic heterocycles. The van der Waals surface area contributed by atoms with E-state index >= 15 is 0 Å². The maximum Gasteiger partial charge on any atom is 0.238 e. The van der Waals surface area contributed by atoms with Crippen LogP contribution >= 0.6 is 0 Å². The quantitative estimate of drug-likeness (QED) is 0.866. The molecule has 3 heteroatoms. The van der Waals surface area contributed by atoms with Crippen LogP contribution in [0.4, 0.5) is 5.69 Å². The number of carbonyl (C=O) groups is 1. The molecule has 2 fully saturated rings. The van der Waals surface area contributed by atoms with Crippen LogP contribution in [-0.4, -0.2) is 29.9 Å². The van der Waals surface area contributed by atoms with Crippen molar-refractivity contribution in [2.24, 2.45) is 5.92 Å². The van der Waals surface area contributed by atoms with E-state index in [1.807, 2.05) is 12.1 Å². The Hall–Kier alpha value is -1.35. The Balaban J connectivity index is 1.54.